The molecule has 3 rings (SSSR count). The monoisotopic (exact) mass is 399 g/mol. The molecule has 1 saturated heterocycles. The lowest BCUT2D eigenvalue weighted by atomic mass is 9.95. The van der Waals surface area contributed by atoms with E-state index in [9.17, 15) is 23.1 Å². The predicted molar refractivity (Wildman–Crippen MR) is 95.9 cm³/mol. The first-order chi connectivity index (χ1) is 12.8. The third kappa shape index (κ3) is 4.16. The SMILES string of the molecule is CCS(=O)(=O)N1CCC(N(CC(=O)O)C(=O)c2noc3c2CCCC3)CC1. The average molecular weight is 399 g/mol. The number of carbonyl (C=O) groups is 2. The van der Waals surface area contributed by atoms with Crippen LogP contribution in [0.4, 0.5) is 0 Å². The molecule has 1 amide bonds. The number of carboxylic acid groups (broad SMARTS) is 1. The van der Waals surface area contributed by atoms with Gasteiger partial charge in [-0.3, -0.25) is 9.59 Å². The first kappa shape index (κ1) is 19.8. The van der Waals surface area contributed by atoms with Gasteiger partial charge in [0.05, 0.1) is 5.75 Å². The summed E-state index contributed by atoms with van der Waals surface area (Å²) in [5.74, 6) is -0.810. The van der Waals surface area contributed by atoms with Crippen LogP contribution in [0, 0.1) is 0 Å². The van der Waals surface area contributed by atoms with Crippen molar-refractivity contribution in [1.82, 2.24) is 14.4 Å². The fourth-order valence-electron chi connectivity index (χ4n) is 3.82. The van der Waals surface area contributed by atoms with E-state index in [-0.39, 0.29) is 30.6 Å². The maximum Gasteiger partial charge on any atom is 0.323 e. The number of hydrogen-bond donors (Lipinski definition) is 1. The summed E-state index contributed by atoms with van der Waals surface area (Å²) in [5, 5.41) is 13.2. The Morgan fingerprint density at radius 3 is 2.56 bits per heavy atom. The molecule has 0 radical (unpaired) electrons. The highest BCUT2D eigenvalue weighted by Crippen LogP contribution is 2.27. The van der Waals surface area contributed by atoms with Crippen molar-refractivity contribution in [3.63, 3.8) is 0 Å². The highest BCUT2D eigenvalue weighted by molar-refractivity contribution is 7.89. The molecule has 9 nitrogen and oxygen atoms in total. The molecule has 2 aliphatic rings. The van der Waals surface area contributed by atoms with Crippen molar-refractivity contribution in [3.8, 4) is 0 Å². The minimum atomic E-state index is -3.28. The second kappa shape index (κ2) is 7.97. The minimum absolute atomic E-state index is 0.0283. The number of carboxylic acids is 1. The number of sulfonamides is 1. The van der Waals surface area contributed by atoms with E-state index in [1.807, 2.05) is 0 Å². The average Bonchev–Trinajstić information content (AvgIpc) is 3.09. The van der Waals surface area contributed by atoms with Gasteiger partial charge in [-0.15, -0.1) is 0 Å². The highest BCUT2D eigenvalue weighted by Gasteiger charge is 2.35. The Balaban J connectivity index is 1.78. The summed E-state index contributed by atoms with van der Waals surface area (Å²) in [7, 11) is -3.28. The second-order valence-corrected chi connectivity index (χ2v) is 9.26. The van der Waals surface area contributed by atoms with Crippen molar-refractivity contribution in [2.75, 3.05) is 25.4 Å². The van der Waals surface area contributed by atoms with Gasteiger partial charge in [-0.25, -0.2) is 12.7 Å². The molecule has 1 aromatic heterocycles. The Kier molecular flexibility index (Phi) is 5.85. The molecule has 0 bridgehead atoms. The van der Waals surface area contributed by atoms with E-state index in [4.69, 9.17) is 4.52 Å². The minimum Gasteiger partial charge on any atom is -0.480 e. The normalized spacial score (nSPS) is 18.9. The van der Waals surface area contributed by atoms with E-state index in [0.717, 1.165) is 24.8 Å². The summed E-state index contributed by atoms with van der Waals surface area (Å²) in [4.78, 5) is 25.7. The van der Waals surface area contributed by atoms with Crippen molar-refractivity contribution < 1.29 is 27.6 Å². The van der Waals surface area contributed by atoms with Gasteiger partial charge in [0.2, 0.25) is 10.0 Å². The number of rotatable bonds is 6. The van der Waals surface area contributed by atoms with E-state index in [0.29, 0.717) is 25.0 Å². The van der Waals surface area contributed by atoms with Crippen LogP contribution in [0.2, 0.25) is 0 Å². The van der Waals surface area contributed by atoms with Crippen LogP contribution in [0.15, 0.2) is 4.52 Å². The van der Waals surface area contributed by atoms with E-state index in [1.54, 1.807) is 6.92 Å². The number of nitrogens with zero attached hydrogens (tertiary/aromatic N) is 3. The first-order valence-corrected chi connectivity index (χ1v) is 10.9. The van der Waals surface area contributed by atoms with Gasteiger partial charge in [0, 0.05) is 31.1 Å². The molecule has 150 valence electrons. The van der Waals surface area contributed by atoms with Crippen LogP contribution in [-0.4, -0.2) is 71.2 Å². The van der Waals surface area contributed by atoms with Crippen LogP contribution in [0.5, 0.6) is 0 Å². The predicted octanol–water partition coefficient (Wildman–Crippen LogP) is 0.894. The Morgan fingerprint density at radius 2 is 1.93 bits per heavy atom. The lowest BCUT2D eigenvalue weighted by Gasteiger charge is -2.37. The standard InChI is InChI=1S/C17H25N3O6S/c1-2-27(24,25)19-9-7-12(8-10-19)20(11-15(21)22)17(23)16-13-5-3-4-6-14(13)26-18-16/h12H,2-11H2,1H3,(H,21,22). The van der Waals surface area contributed by atoms with Crippen molar-refractivity contribution >= 4 is 21.9 Å². The smallest absolute Gasteiger partial charge is 0.323 e. The van der Waals surface area contributed by atoms with Crippen LogP contribution < -0.4 is 0 Å². The van der Waals surface area contributed by atoms with Gasteiger partial charge < -0.3 is 14.5 Å². The Morgan fingerprint density at radius 1 is 1.26 bits per heavy atom. The molecule has 0 unspecified atom stereocenters. The zero-order valence-corrected chi connectivity index (χ0v) is 16.2. The molecule has 0 saturated carbocycles. The summed E-state index contributed by atoms with van der Waals surface area (Å²) in [6.07, 6.45) is 4.17. The van der Waals surface area contributed by atoms with Crippen LogP contribution >= 0.6 is 0 Å². The number of amides is 1. The van der Waals surface area contributed by atoms with Gasteiger partial charge in [0.15, 0.2) is 5.69 Å². The van der Waals surface area contributed by atoms with Crippen LogP contribution in [0.25, 0.3) is 0 Å². The molecule has 0 atom stereocenters. The molecule has 27 heavy (non-hydrogen) atoms. The summed E-state index contributed by atoms with van der Waals surface area (Å²) >= 11 is 0. The van der Waals surface area contributed by atoms with Crippen molar-refractivity contribution in [2.45, 2.75) is 51.5 Å². The third-order valence-electron chi connectivity index (χ3n) is 5.34. The van der Waals surface area contributed by atoms with Gasteiger partial charge in [0.25, 0.3) is 5.91 Å². The summed E-state index contributed by atoms with van der Waals surface area (Å²) in [6.45, 7) is 1.71. The molecule has 0 aromatic carbocycles. The fraction of sp³-hybridized carbons (Fsp3) is 0.706. The lowest BCUT2D eigenvalue weighted by molar-refractivity contribution is -0.138. The van der Waals surface area contributed by atoms with Crippen molar-refractivity contribution in [1.29, 1.82) is 0 Å². The molecule has 1 aromatic rings. The Bertz CT molecular complexity index is 811. The molecule has 1 aliphatic heterocycles. The van der Waals surface area contributed by atoms with Gasteiger partial charge in [-0.1, -0.05) is 5.16 Å². The lowest BCUT2D eigenvalue weighted by Crippen LogP contribution is -2.50. The molecular weight excluding hydrogens is 374 g/mol. The number of piperidine rings is 1. The number of hydrogen-bond acceptors (Lipinski definition) is 6. The first-order valence-electron chi connectivity index (χ1n) is 9.31. The quantitative estimate of drug-likeness (QED) is 0.754. The highest BCUT2D eigenvalue weighted by atomic mass is 32.2. The van der Waals surface area contributed by atoms with E-state index in [2.05, 4.69) is 5.16 Å². The largest absolute Gasteiger partial charge is 0.480 e. The van der Waals surface area contributed by atoms with E-state index >= 15 is 0 Å². The number of carbonyl (C=O) groups excluding carboxylic acids is 1. The number of fused-ring (bicyclic) bond motifs is 1. The summed E-state index contributed by atoms with van der Waals surface area (Å²) < 4.78 is 30.7. The second-order valence-electron chi connectivity index (χ2n) is 7.00. The van der Waals surface area contributed by atoms with Gasteiger partial charge in [0.1, 0.15) is 12.3 Å². The molecule has 10 heteroatoms. The van der Waals surface area contributed by atoms with Gasteiger partial charge >= 0.3 is 5.97 Å². The Hall–Kier alpha value is -1.94. The van der Waals surface area contributed by atoms with Crippen LogP contribution in [0.1, 0.15) is 54.4 Å². The molecule has 2 heterocycles. The molecule has 1 fully saturated rings. The van der Waals surface area contributed by atoms with Gasteiger partial charge in [-0.2, -0.15) is 0 Å². The van der Waals surface area contributed by atoms with Crippen LogP contribution in [0.3, 0.4) is 0 Å². The van der Waals surface area contributed by atoms with Crippen molar-refractivity contribution in [3.05, 3.63) is 17.0 Å². The zero-order valence-electron chi connectivity index (χ0n) is 15.4. The summed E-state index contributed by atoms with van der Waals surface area (Å²) in [5.41, 5.74) is 0.988. The third-order valence-corrected chi connectivity index (χ3v) is 7.22. The topological polar surface area (TPSA) is 121 Å². The van der Waals surface area contributed by atoms with Crippen LogP contribution in [-0.2, 0) is 27.7 Å². The maximum atomic E-state index is 13.1. The van der Waals surface area contributed by atoms with E-state index < -0.39 is 28.4 Å². The molecule has 0 spiro atoms. The molecule has 1 N–H and O–H groups in total. The Labute approximate surface area is 158 Å². The fourth-order valence-corrected chi connectivity index (χ4v) is 4.95. The van der Waals surface area contributed by atoms with E-state index in [1.165, 1.54) is 9.21 Å². The number of aryl methyl sites for hydroxylation is 1. The number of aliphatic carboxylic acids is 1. The molecular formula is C17H25N3O6S. The van der Waals surface area contributed by atoms with Gasteiger partial charge in [-0.05, 0) is 39.0 Å². The number of aromatic nitrogens is 1. The summed E-state index contributed by atoms with van der Waals surface area (Å²) in [6, 6.07) is -0.340. The molecule has 1 aliphatic carbocycles. The zero-order chi connectivity index (χ0) is 19.6. The van der Waals surface area contributed by atoms with Crippen molar-refractivity contribution in [2.24, 2.45) is 0 Å². The maximum absolute atomic E-state index is 13.1.